The Balaban J connectivity index is 1.42. The van der Waals surface area contributed by atoms with Crippen LogP contribution in [0.3, 0.4) is 0 Å². The number of rotatable bonds is 5. The molecule has 0 bridgehead atoms. The highest BCUT2D eigenvalue weighted by atomic mass is 35.5. The predicted octanol–water partition coefficient (Wildman–Crippen LogP) is 2.64. The van der Waals surface area contributed by atoms with E-state index in [4.69, 9.17) is 16.1 Å². The zero-order valence-electron chi connectivity index (χ0n) is 12.9. The van der Waals surface area contributed by atoms with Gasteiger partial charge in [0.25, 0.3) is 0 Å². The Morgan fingerprint density at radius 3 is 3.05 bits per heavy atom. The minimum absolute atomic E-state index is 0.0838. The largest absolute Gasteiger partial charge is 0.360 e. The van der Waals surface area contributed by atoms with Crippen molar-refractivity contribution in [3.05, 3.63) is 17.0 Å². The minimum atomic E-state index is 0.0838. The zero-order valence-corrected chi connectivity index (χ0v) is 13.6. The molecule has 1 aromatic rings. The maximum absolute atomic E-state index is 12.0. The second-order valence-electron chi connectivity index (χ2n) is 6.42. The topological polar surface area (TPSA) is 58.4 Å². The van der Waals surface area contributed by atoms with Crippen molar-refractivity contribution >= 4 is 17.5 Å². The molecule has 0 aromatic carbocycles. The van der Waals surface area contributed by atoms with Crippen molar-refractivity contribution in [3.8, 4) is 0 Å². The lowest BCUT2D eigenvalue weighted by Gasteiger charge is -2.44. The number of aryl methyl sites for hydroxylation is 1. The van der Waals surface area contributed by atoms with E-state index in [-0.39, 0.29) is 5.91 Å². The summed E-state index contributed by atoms with van der Waals surface area (Å²) in [5, 5.41) is 7.06. The Hall–Kier alpha value is -1.07. The molecule has 2 fully saturated rings. The number of amides is 1. The summed E-state index contributed by atoms with van der Waals surface area (Å²) in [6.45, 7) is 3.28. The Kier molecular flexibility index (Phi) is 5.37. The van der Waals surface area contributed by atoms with Gasteiger partial charge in [-0.2, -0.15) is 0 Å². The monoisotopic (exact) mass is 325 g/mol. The Labute approximate surface area is 136 Å². The number of hydrogen-bond acceptors (Lipinski definition) is 4. The molecule has 1 N–H and O–H groups in total. The summed E-state index contributed by atoms with van der Waals surface area (Å²) >= 11 is 5.69. The summed E-state index contributed by atoms with van der Waals surface area (Å²) in [6, 6.07) is 2.34. The maximum atomic E-state index is 12.0. The normalized spacial score (nSPS) is 25.7. The van der Waals surface area contributed by atoms with E-state index < -0.39 is 0 Å². The van der Waals surface area contributed by atoms with Crippen LogP contribution in [0.4, 0.5) is 0 Å². The van der Waals surface area contributed by atoms with Gasteiger partial charge in [-0.15, -0.1) is 0 Å². The van der Waals surface area contributed by atoms with E-state index in [1.54, 1.807) is 6.07 Å². The summed E-state index contributed by atoms with van der Waals surface area (Å²) in [5.74, 6) is 1.36. The van der Waals surface area contributed by atoms with Crippen LogP contribution in [-0.2, 0) is 11.2 Å². The molecule has 0 saturated carbocycles. The van der Waals surface area contributed by atoms with Crippen LogP contribution in [0.25, 0.3) is 0 Å². The molecular formula is C16H24ClN3O2. The van der Waals surface area contributed by atoms with E-state index in [0.717, 1.165) is 6.54 Å². The molecule has 6 heteroatoms. The number of halogens is 1. The summed E-state index contributed by atoms with van der Waals surface area (Å²) in [6.07, 6.45) is 7.41. The molecule has 1 aromatic heterocycles. The maximum Gasteiger partial charge on any atom is 0.220 e. The number of nitrogens with zero attached hydrogens (tertiary/aromatic N) is 2. The number of carbonyl (C=O) groups excluding carboxylic acids is 1. The molecule has 1 amide bonds. The van der Waals surface area contributed by atoms with Crippen molar-refractivity contribution in [2.75, 3.05) is 19.6 Å². The van der Waals surface area contributed by atoms with Crippen molar-refractivity contribution in [2.24, 2.45) is 5.92 Å². The van der Waals surface area contributed by atoms with Crippen LogP contribution in [0.5, 0.6) is 0 Å². The number of nitrogens with one attached hydrogen (secondary N) is 1. The van der Waals surface area contributed by atoms with Gasteiger partial charge in [-0.3, -0.25) is 4.79 Å². The van der Waals surface area contributed by atoms with Crippen LogP contribution < -0.4 is 5.32 Å². The minimum Gasteiger partial charge on any atom is -0.360 e. The molecule has 2 atom stereocenters. The summed E-state index contributed by atoms with van der Waals surface area (Å²) in [5.41, 5.74) is 0. The fraction of sp³-hybridized carbons (Fsp3) is 0.750. The van der Waals surface area contributed by atoms with Gasteiger partial charge in [-0.1, -0.05) is 23.2 Å². The van der Waals surface area contributed by atoms with Crippen molar-refractivity contribution < 1.29 is 9.32 Å². The van der Waals surface area contributed by atoms with E-state index in [2.05, 4.69) is 15.4 Å². The molecule has 3 heterocycles. The number of fused-ring (bicyclic) bond motifs is 1. The van der Waals surface area contributed by atoms with E-state index in [0.29, 0.717) is 35.7 Å². The summed E-state index contributed by atoms with van der Waals surface area (Å²) < 4.78 is 5.01. The fourth-order valence-corrected chi connectivity index (χ4v) is 3.95. The van der Waals surface area contributed by atoms with Gasteiger partial charge in [-0.25, -0.2) is 0 Å². The molecule has 2 aliphatic heterocycles. The first-order valence-electron chi connectivity index (χ1n) is 8.34. The average molecular weight is 326 g/mol. The fourth-order valence-electron chi connectivity index (χ4n) is 3.79. The van der Waals surface area contributed by atoms with Gasteiger partial charge in [0.15, 0.2) is 5.15 Å². The van der Waals surface area contributed by atoms with Crippen LogP contribution in [0.2, 0.25) is 5.15 Å². The van der Waals surface area contributed by atoms with Crippen molar-refractivity contribution in [1.29, 1.82) is 0 Å². The van der Waals surface area contributed by atoms with Gasteiger partial charge >= 0.3 is 0 Å². The van der Waals surface area contributed by atoms with Crippen LogP contribution in [0, 0.1) is 5.92 Å². The Bertz CT molecular complexity index is 503. The van der Waals surface area contributed by atoms with Gasteiger partial charge in [-0.05, 0) is 44.7 Å². The Morgan fingerprint density at radius 1 is 1.36 bits per heavy atom. The molecule has 0 radical (unpaired) electrons. The SMILES string of the molecule is O=C(CCc1cc(Cl)no1)NC[C@@H]1CCCN2CCCC[C@@H]12. The molecule has 3 rings (SSSR count). The molecule has 0 spiro atoms. The van der Waals surface area contributed by atoms with Crippen molar-refractivity contribution in [2.45, 2.75) is 51.0 Å². The van der Waals surface area contributed by atoms with Gasteiger partial charge in [0.2, 0.25) is 5.91 Å². The lowest BCUT2D eigenvalue weighted by Crippen LogP contribution is -2.51. The van der Waals surface area contributed by atoms with Crippen LogP contribution in [-0.4, -0.2) is 41.6 Å². The molecule has 122 valence electrons. The summed E-state index contributed by atoms with van der Waals surface area (Å²) in [7, 11) is 0. The van der Waals surface area contributed by atoms with Crippen LogP contribution >= 0.6 is 11.6 Å². The lowest BCUT2D eigenvalue weighted by atomic mass is 9.83. The molecule has 2 saturated heterocycles. The van der Waals surface area contributed by atoms with Gasteiger partial charge in [0.05, 0.1) is 0 Å². The quantitative estimate of drug-likeness (QED) is 0.904. The predicted molar refractivity (Wildman–Crippen MR) is 84.8 cm³/mol. The molecule has 22 heavy (non-hydrogen) atoms. The molecule has 5 nitrogen and oxygen atoms in total. The van der Waals surface area contributed by atoms with Gasteiger partial charge in [0, 0.05) is 31.5 Å². The van der Waals surface area contributed by atoms with E-state index in [9.17, 15) is 4.79 Å². The third-order valence-corrected chi connectivity index (χ3v) is 5.10. The van der Waals surface area contributed by atoms with E-state index in [1.807, 2.05) is 0 Å². The number of aromatic nitrogens is 1. The first kappa shape index (κ1) is 15.8. The molecule has 0 aliphatic carbocycles. The van der Waals surface area contributed by atoms with E-state index >= 15 is 0 Å². The molecule has 0 unspecified atom stereocenters. The van der Waals surface area contributed by atoms with Crippen LogP contribution in [0.15, 0.2) is 10.6 Å². The highest BCUT2D eigenvalue weighted by Gasteiger charge is 2.32. The number of carbonyl (C=O) groups is 1. The molecule has 2 aliphatic rings. The second kappa shape index (κ2) is 7.47. The van der Waals surface area contributed by atoms with Crippen molar-refractivity contribution in [1.82, 2.24) is 15.4 Å². The number of piperidine rings is 2. The van der Waals surface area contributed by atoms with Gasteiger partial charge < -0.3 is 14.7 Å². The highest BCUT2D eigenvalue weighted by Crippen LogP contribution is 2.30. The smallest absolute Gasteiger partial charge is 0.220 e. The standard InChI is InChI=1S/C16H24ClN3O2/c17-15-10-13(22-19-15)6-7-16(21)18-11-12-4-3-9-20-8-2-1-5-14(12)20/h10,12,14H,1-9,11H2,(H,18,21)/t12-,14-/m0/s1. The first-order valence-corrected chi connectivity index (χ1v) is 8.72. The van der Waals surface area contributed by atoms with Crippen molar-refractivity contribution in [3.63, 3.8) is 0 Å². The zero-order chi connectivity index (χ0) is 15.4. The number of hydrogen-bond donors (Lipinski definition) is 1. The Morgan fingerprint density at radius 2 is 2.23 bits per heavy atom. The molecular weight excluding hydrogens is 302 g/mol. The highest BCUT2D eigenvalue weighted by molar-refractivity contribution is 6.29. The van der Waals surface area contributed by atoms with Gasteiger partial charge in [0.1, 0.15) is 5.76 Å². The summed E-state index contributed by atoms with van der Waals surface area (Å²) in [4.78, 5) is 14.6. The first-order chi connectivity index (χ1) is 10.7. The van der Waals surface area contributed by atoms with E-state index in [1.165, 1.54) is 45.2 Å². The third kappa shape index (κ3) is 4.02. The average Bonchev–Trinajstić information content (AvgIpc) is 2.96. The van der Waals surface area contributed by atoms with Crippen LogP contribution in [0.1, 0.15) is 44.3 Å². The second-order valence-corrected chi connectivity index (χ2v) is 6.81. The third-order valence-electron chi connectivity index (χ3n) is 4.92. The lowest BCUT2D eigenvalue weighted by molar-refractivity contribution is -0.121.